The van der Waals surface area contributed by atoms with Crippen LogP contribution in [0.5, 0.6) is 11.5 Å². The van der Waals surface area contributed by atoms with E-state index < -0.39 is 0 Å². The van der Waals surface area contributed by atoms with Gasteiger partial charge in [-0.05, 0) is 74.6 Å². The summed E-state index contributed by atoms with van der Waals surface area (Å²) in [5.74, 6) is 2.57. The summed E-state index contributed by atoms with van der Waals surface area (Å²) in [6.07, 6.45) is 7.09. The summed E-state index contributed by atoms with van der Waals surface area (Å²) in [6, 6.07) is 15.1. The van der Waals surface area contributed by atoms with Crippen molar-refractivity contribution in [3.63, 3.8) is 0 Å². The summed E-state index contributed by atoms with van der Waals surface area (Å²) in [4.78, 5) is 14.3. The fraction of sp³-hybridized carbons (Fsp3) is 0.519. The largest absolute Gasteiger partial charge is 0.493 e. The highest BCUT2D eigenvalue weighted by atomic mass is 16.5. The maximum Gasteiger partial charge on any atom is 0.219 e. The monoisotopic (exact) mass is 421 g/mol. The molecule has 2 fully saturated rings. The molecule has 1 aliphatic heterocycles. The molecular weight excluding hydrogens is 386 g/mol. The van der Waals surface area contributed by atoms with E-state index in [1.807, 2.05) is 11.0 Å². The lowest BCUT2D eigenvalue weighted by molar-refractivity contribution is -0.131. The van der Waals surface area contributed by atoms with Gasteiger partial charge in [-0.3, -0.25) is 4.79 Å². The van der Waals surface area contributed by atoms with Crippen LogP contribution in [0.2, 0.25) is 0 Å². The quantitative estimate of drug-likeness (QED) is 0.616. The summed E-state index contributed by atoms with van der Waals surface area (Å²) in [5.41, 5.74) is 3.89. The Kier molecular flexibility index (Phi) is 6.84. The zero-order chi connectivity index (χ0) is 21.8. The van der Waals surface area contributed by atoms with Crippen molar-refractivity contribution in [3.8, 4) is 11.5 Å². The second kappa shape index (κ2) is 9.76. The van der Waals surface area contributed by atoms with Crippen molar-refractivity contribution in [1.29, 1.82) is 0 Å². The Morgan fingerprint density at radius 2 is 1.87 bits per heavy atom. The van der Waals surface area contributed by atoms with Crippen molar-refractivity contribution in [2.45, 2.75) is 64.4 Å². The number of carbonyl (C=O) groups is 1. The van der Waals surface area contributed by atoms with Gasteiger partial charge in [0.1, 0.15) is 0 Å². The van der Waals surface area contributed by atoms with Crippen LogP contribution in [0.3, 0.4) is 0 Å². The minimum atomic E-state index is 0.162. The normalized spacial score (nSPS) is 21.8. The molecule has 1 saturated carbocycles. The lowest BCUT2D eigenvalue weighted by Gasteiger charge is -2.38. The number of amides is 1. The molecule has 2 atom stereocenters. The molecule has 1 aliphatic carbocycles. The third kappa shape index (κ3) is 5.41. The van der Waals surface area contributed by atoms with E-state index in [1.165, 1.54) is 29.5 Å². The number of rotatable bonds is 6. The lowest BCUT2D eigenvalue weighted by atomic mass is 9.81. The molecule has 2 aromatic rings. The van der Waals surface area contributed by atoms with Crippen LogP contribution in [-0.2, 0) is 11.2 Å². The fourth-order valence-corrected chi connectivity index (χ4v) is 5.25. The van der Waals surface area contributed by atoms with Crippen molar-refractivity contribution < 1.29 is 14.3 Å². The molecule has 4 rings (SSSR count). The Hall–Kier alpha value is -2.49. The minimum Gasteiger partial charge on any atom is -0.493 e. The van der Waals surface area contributed by atoms with E-state index in [1.54, 1.807) is 14.0 Å². The summed E-state index contributed by atoms with van der Waals surface area (Å²) >= 11 is 0. The van der Waals surface area contributed by atoms with Crippen LogP contribution in [0.4, 0.5) is 0 Å². The highest BCUT2D eigenvalue weighted by Gasteiger charge is 2.30. The zero-order valence-electron chi connectivity index (χ0n) is 19.1. The number of hydrogen-bond acceptors (Lipinski definition) is 3. The molecule has 1 amide bonds. The number of likely N-dealkylation sites (tertiary alicyclic amines) is 1. The Morgan fingerprint density at radius 3 is 2.58 bits per heavy atom. The highest BCUT2D eigenvalue weighted by Crippen LogP contribution is 2.38. The number of piperidine rings is 1. The second-order valence-corrected chi connectivity index (χ2v) is 9.35. The van der Waals surface area contributed by atoms with Gasteiger partial charge in [-0.2, -0.15) is 0 Å². The van der Waals surface area contributed by atoms with Gasteiger partial charge in [-0.25, -0.2) is 0 Å². The van der Waals surface area contributed by atoms with E-state index in [4.69, 9.17) is 9.47 Å². The molecule has 0 aromatic heterocycles. The van der Waals surface area contributed by atoms with Crippen molar-refractivity contribution in [2.24, 2.45) is 5.92 Å². The summed E-state index contributed by atoms with van der Waals surface area (Å²) in [6.45, 7) is 5.43. The minimum absolute atomic E-state index is 0.162. The van der Waals surface area contributed by atoms with Crippen LogP contribution in [0.1, 0.15) is 61.6 Å². The number of methoxy groups -OCH3 is 1. The van der Waals surface area contributed by atoms with Crippen LogP contribution >= 0.6 is 0 Å². The summed E-state index contributed by atoms with van der Waals surface area (Å²) in [5, 5.41) is 0. The van der Waals surface area contributed by atoms with E-state index in [0.717, 1.165) is 50.3 Å². The van der Waals surface area contributed by atoms with Gasteiger partial charge in [0.25, 0.3) is 0 Å². The van der Waals surface area contributed by atoms with Crippen molar-refractivity contribution in [2.75, 3.05) is 20.2 Å². The molecule has 4 heteroatoms. The maximum atomic E-state index is 12.3. The summed E-state index contributed by atoms with van der Waals surface area (Å²) < 4.78 is 11.9. The van der Waals surface area contributed by atoms with Crippen LogP contribution in [0.15, 0.2) is 42.5 Å². The predicted molar refractivity (Wildman–Crippen MR) is 124 cm³/mol. The molecule has 0 radical (unpaired) electrons. The van der Waals surface area contributed by atoms with E-state index in [-0.39, 0.29) is 5.91 Å². The zero-order valence-corrected chi connectivity index (χ0v) is 19.1. The van der Waals surface area contributed by atoms with Crippen LogP contribution in [0, 0.1) is 12.8 Å². The van der Waals surface area contributed by atoms with Gasteiger partial charge >= 0.3 is 0 Å². The average Bonchev–Trinajstić information content (AvgIpc) is 3.26. The smallest absolute Gasteiger partial charge is 0.219 e. The van der Waals surface area contributed by atoms with E-state index in [2.05, 4.69) is 43.3 Å². The highest BCUT2D eigenvalue weighted by molar-refractivity contribution is 5.73. The molecule has 31 heavy (non-hydrogen) atoms. The number of aryl methyl sites for hydroxylation is 1. The molecule has 0 unspecified atom stereocenters. The molecule has 2 aromatic carbocycles. The van der Waals surface area contributed by atoms with E-state index in [0.29, 0.717) is 17.9 Å². The second-order valence-electron chi connectivity index (χ2n) is 9.35. The van der Waals surface area contributed by atoms with E-state index in [9.17, 15) is 4.79 Å². The first-order valence-corrected chi connectivity index (χ1v) is 11.7. The third-order valence-corrected chi connectivity index (χ3v) is 6.84. The number of nitrogens with zero attached hydrogens (tertiary/aromatic N) is 1. The molecule has 4 nitrogen and oxygen atoms in total. The van der Waals surface area contributed by atoms with Crippen LogP contribution in [0.25, 0.3) is 0 Å². The maximum absolute atomic E-state index is 12.3. The Morgan fingerprint density at radius 1 is 1.06 bits per heavy atom. The molecule has 0 bridgehead atoms. The van der Waals surface area contributed by atoms with E-state index >= 15 is 0 Å². The molecule has 0 spiro atoms. The van der Waals surface area contributed by atoms with Gasteiger partial charge in [-0.15, -0.1) is 0 Å². The van der Waals surface area contributed by atoms with Crippen LogP contribution < -0.4 is 9.47 Å². The first kappa shape index (κ1) is 21.7. The average molecular weight is 422 g/mol. The first-order valence-electron chi connectivity index (χ1n) is 11.7. The van der Waals surface area contributed by atoms with Gasteiger partial charge in [0, 0.05) is 25.9 Å². The molecule has 1 saturated heterocycles. The summed E-state index contributed by atoms with van der Waals surface area (Å²) in [7, 11) is 1.70. The van der Waals surface area contributed by atoms with Crippen molar-refractivity contribution >= 4 is 5.91 Å². The number of ether oxygens (including phenoxy) is 2. The lowest BCUT2D eigenvalue weighted by Crippen LogP contribution is -2.42. The number of benzene rings is 2. The van der Waals surface area contributed by atoms with Gasteiger partial charge in [0.05, 0.1) is 13.2 Å². The Labute approximate surface area is 186 Å². The van der Waals surface area contributed by atoms with Gasteiger partial charge in [-0.1, -0.05) is 35.9 Å². The Balaban J connectivity index is 1.55. The van der Waals surface area contributed by atoms with Gasteiger partial charge < -0.3 is 14.4 Å². The fourth-order valence-electron chi connectivity index (χ4n) is 5.25. The molecule has 2 aliphatic rings. The SMILES string of the molecule is COc1ccc([C@@H]2C[C@H](Cc3cccc(C)c3)CN(C(C)=O)C2)cc1OC1CCCC1. The van der Waals surface area contributed by atoms with Crippen molar-refractivity contribution in [3.05, 3.63) is 59.2 Å². The molecule has 166 valence electrons. The predicted octanol–water partition coefficient (Wildman–Crippen LogP) is 5.52. The first-order chi connectivity index (χ1) is 15.0. The van der Waals surface area contributed by atoms with Gasteiger partial charge in [0.2, 0.25) is 5.91 Å². The third-order valence-electron chi connectivity index (χ3n) is 6.84. The topological polar surface area (TPSA) is 38.8 Å². The van der Waals surface area contributed by atoms with Crippen LogP contribution in [-0.4, -0.2) is 37.1 Å². The number of hydrogen-bond donors (Lipinski definition) is 0. The Bertz CT molecular complexity index is 903. The molecular formula is C27H35NO3. The molecule has 1 heterocycles. The van der Waals surface area contributed by atoms with Crippen molar-refractivity contribution in [1.82, 2.24) is 4.90 Å². The molecule has 0 N–H and O–H groups in total. The standard InChI is InChI=1S/C27H35NO3/c1-19-7-6-8-21(13-19)14-22-15-24(18-28(17-22)20(2)29)23-11-12-26(30-3)27(16-23)31-25-9-4-5-10-25/h6-8,11-13,16,22,24-25H,4-5,9-10,14-15,17-18H2,1-3H3/t22-,24+/m0/s1. The van der Waals surface area contributed by atoms with Gasteiger partial charge in [0.15, 0.2) is 11.5 Å². The number of carbonyl (C=O) groups excluding carboxylic acids is 1.